The van der Waals surface area contributed by atoms with E-state index < -0.39 is 0 Å². The lowest BCUT2D eigenvalue weighted by Gasteiger charge is -2.27. The minimum absolute atomic E-state index is 0.0831. The molecule has 0 aliphatic carbocycles. The molecule has 2 atom stereocenters. The molecule has 1 aliphatic rings. The summed E-state index contributed by atoms with van der Waals surface area (Å²) >= 11 is 6.35. The van der Waals surface area contributed by atoms with Crippen LogP contribution >= 0.6 is 11.6 Å². The molecule has 5 aromatic rings. The first-order valence-corrected chi connectivity index (χ1v) is 11.5. The van der Waals surface area contributed by atoms with Crippen molar-refractivity contribution in [1.82, 2.24) is 34.1 Å². The average molecular weight is 493 g/mol. The number of para-hydroxylation sites is 1. The highest BCUT2D eigenvalue weighted by Gasteiger charge is 2.39. The van der Waals surface area contributed by atoms with E-state index in [0.717, 1.165) is 0 Å². The van der Waals surface area contributed by atoms with Gasteiger partial charge in [0, 0.05) is 19.2 Å². The first-order valence-electron chi connectivity index (χ1n) is 11.1. The standard InChI is InChI=1S/C23H21ClN8O3/c24-16-6-7-31-19(16)23(34)32(14-4-2-1-3-5-14)21(29-31)17-10-15(35-9-8-33)11-30(17)22-18-20(26-12-25-18)27-13-28-22/h1-7,12-13,15,17,33H,8-11H2,(H,25,26,27,28)/t15-,17-/m0/s1. The van der Waals surface area contributed by atoms with E-state index in [1.54, 1.807) is 23.2 Å². The fourth-order valence-corrected chi connectivity index (χ4v) is 4.90. The molecule has 2 N–H and O–H groups in total. The molecule has 4 aromatic heterocycles. The second-order valence-corrected chi connectivity index (χ2v) is 8.62. The smallest absolute Gasteiger partial charge is 0.284 e. The molecule has 1 aromatic carbocycles. The molecule has 0 spiro atoms. The van der Waals surface area contributed by atoms with Crippen LogP contribution in [0.25, 0.3) is 22.4 Å². The molecular weight excluding hydrogens is 472 g/mol. The maximum absolute atomic E-state index is 13.7. The minimum atomic E-state index is -0.376. The number of hydrogen-bond donors (Lipinski definition) is 2. The Kier molecular flexibility index (Phi) is 5.44. The largest absolute Gasteiger partial charge is 0.394 e. The molecule has 35 heavy (non-hydrogen) atoms. The number of aliphatic hydroxyl groups is 1. The lowest BCUT2D eigenvalue weighted by molar-refractivity contribution is 0.0392. The summed E-state index contributed by atoms with van der Waals surface area (Å²) in [6.07, 6.45) is 5.02. The predicted octanol–water partition coefficient (Wildman–Crippen LogP) is 2.13. The number of aromatic amines is 1. The fourth-order valence-electron chi connectivity index (χ4n) is 4.68. The van der Waals surface area contributed by atoms with Crippen molar-refractivity contribution in [2.45, 2.75) is 18.6 Å². The van der Waals surface area contributed by atoms with E-state index in [9.17, 15) is 9.90 Å². The van der Waals surface area contributed by atoms with E-state index >= 15 is 0 Å². The summed E-state index contributed by atoms with van der Waals surface area (Å²) in [5.41, 5.74) is 1.92. The number of nitrogens with zero attached hydrogens (tertiary/aromatic N) is 7. The molecule has 0 saturated carbocycles. The Morgan fingerprint density at radius 1 is 1.17 bits per heavy atom. The molecule has 0 radical (unpaired) electrons. The van der Waals surface area contributed by atoms with E-state index in [-0.39, 0.29) is 30.9 Å². The third-order valence-corrected chi connectivity index (χ3v) is 6.46. The molecule has 5 heterocycles. The SMILES string of the molecule is O=c1c2c(Cl)ccn2nc([C@@H]2C[C@H](OCCO)CN2c2ncnc3nc[nH]c23)n1-c1ccccc1. The molecule has 0 bridgehead atoms. The predicted molar refractivity (Wildman–Crippen MR) is 129 cm³/mol. The number of anilines is 1. The van der Waals surface area contributed by atoms with E-state index in [0.29, 0.717) is 52.0 Å². The number of nitrogens with one attached hydrogen (secondary N) is 1. The van der Waals surface area contributed by atoms with Crippen molar-refractivity contribution in [2.24, 2.45) is 0 Å². The number of imidazole rings is 1. The monoisotopic (exact) mass is 492 g/mol. The summed E-state index contributed by atoms with van der Waals surface area (Å²) in [5.74, 6) is 1.15. The van der Waals surface area contributed by atoms with Crippen LogP contribution in [-0.4, -0.2) is 65.1 Å². The van der Waals surface area contributed by atoms with Crippen LogP contribution in [0.15, 0.2) is 60.0 Å². The van der Waals surface area contributed by atoms with Crippen molar-refractivity contribution in [3.63, 3.8) is 0 Å². The highest BCUT2D eigenvalue weighted by atomic mass is 35.5. The van der Waals surface area contributed by atoms with Crippen molar-refractivity contribution < 1.29 is 9.84 Å². The van der Waals surface area contributed by atoms with Gasteiger partial charge in [-0.3, -0.25) is 9.36 Å². The Bertz CT molecular complexity index is 1560. The van der Waals surface area contributed by atoms with Gasteiger partial charge in [-0.05, 0) is 18.2 Å². The van der Waals surface area contributed by atoms with Crippen LogP contribution in [-0.2, 0) is 4.74 Å². The first kappa shape index (κ1) is 21.7. The Hall–Kier alpha value is -3.80. The second-order valence-electron chi connectivity index (χ2n) is 8.21. The van der Waals surface area contributed by atoms with Gasteiger partial charge in [-0.2, -0.15) is 5.10 Å². The summed E-state index contributed by atoms with van der Waals surface area (Å²) in [4.78, 5) is 31.9. The van der Waals surface area contributed by atoms with Crippen LogP contribution in [0.4, 0.5) is 5.82 Å². The Balaban J connectivity index is 1.57. The lowest BCUT2D eigenvalue weighted by Crippen LogP contribution is -2.33. The third-order valence-electron chi connectivity index (χ3n) is 6.16. The molecule has 12 heteroatoms. The summed E-state index contributed by atoms with van der Waals surface area (Å²) in [6.45, 7) is 0.602. The van der Waals surface area contributed by atoms with Gasteiger partial charge in [0.1, 0.15) is 17.4 Å². The van der Waals surface area contributed by atoms with Crippen molar-refractivity contribution in [3.05, 3.63) is 76.5 Å². The van der Waals surface area contributed by atoms with Gasteiger partial charge in [-0.25, -0.2) is 19.5 Å². The van der Waals surface area contributed by atoms with Gasteiger partial charge in [-0.15, -0.1) is 0 Å². The number of H-pyrrole nitrogens is 1. The maximum Gasteiger partial charge on any atom is 0.284 e. The lowest BCUT2D eigenvalue weighted by atomic mass is 10.1. The van der Waals surface area contributed by atoms with Crippen LogP contribution < -0.4 is 10.5 Å². The summed E-state index contributed by atoms with van der Waals surface area (Å²) < 4.78 is 9.03. The Morgan fingerprint density at radius 2 is 2.03 bits per heavy atom. The number of rotatable bonds is 6. The van der Waals surface area contributed by atoms with Gasteiger partial charge in [0.2, 0.25) is 0 Å². The van der Waals surface area contributed by atoms with Gasteiger partial charge < -0.3 is 19.7 Å². The van der Waals surface area contributed by atoms with Gasteiger partial charge in [-0.1, -0.05) is 29.8 Å². The number of benzene rings is 1. The molecule has 0 amide bonds. The zero-order chi connectivity index (χ0) is 23.9. The van der Waals surface area contributed by atoms with Crippen molar-refractivity contribution in [2.75, 3.05) is 24.7 Å². The van der Waals surface area contributed by atoms with Crippen LogP contribution in [0.2, 0.25) is 5.02 Å². The molecule has 1 aliphatic heterocycles. The van der Waals surface area contributed by atoms with E-state index in [1.807, 2.05) is 35.2 Å². The Morgan fingerprint density at radius 3 is 2.86 bits per heavy atom. The number of halogens is 1. The molecule has 0 unspecified atom stereocenters. The van der Waals surface area contributed by atoms with Gasteiger partial charge in [0.25, 0.3) is 5.56 Å². The molecule has 1 saturated heterocycles. The van der Waals surface area contributed by atoms with Crippen LogP contribution in [0.5, 0.6) is 0 Å². The number of aromatic nitrogens is 7. The van der Waals surface area contributed by atoms with E-state index in [2.05, 4.69) is 19.9 Å². The van der Waals surface area contributed by atoms with Crippen LogP contribution in [0.3, 0.4) is 0 Å². The molecule has 1 fully saturated rings. The van der Waals surface area contributed by atoms with E-state index in [4.69, 9.17) is 21.4 Å². The molecule has 6 rings (SSSR count). The van der Waals surface area contributed by atoms with Crippen molar-refractivity contribution in [1.29, 1.82) is 0 Å². The number of fused-ring (bicyclic) bond motifs is 2. The highest BCUT2D eigenvalue weighted by Crippen LogP contribution is 2.38. The third kappa shape index (κ3) is 3.64. The Labute approximate surface area is 203 Å². The number of aliphatic hydroxyl groups excluding tert-OH is 1. The quantitative estimate of drug-likeness (QED) is 0.369. The van der Waals surface area contributed by atoms with Gasteiger partial charge >= 0.3 is 0 Å². The van der Waals surface area contributed by atoms with Crippen LogP contribution in [0, 0.1) is 0 Å². The number of ether oxygens (including phenoxy) is 1. The van der Waals surface area contributed by atoms with Gasteiger partial charge in [0.15, 0.2) is 17.3 Å². The number of hydrogen-bond acceptors (Lipinski definition) is 8. The molecule has 178 valence electrons. The topological polar surface area (TPSA) is 126 Å². The fraction of sp³-hybridized carbons (Fsp3) is 0.261. The van der Waals surface area contributed by atoms with Crippen molar-refractivity contribution in [3.8, 4) is 5.69 Å². The molecule has 11 nitrogen and oxygen atoms in total. The minimum Gasteiger partial charge on any atom is -0.394 e. The first-order chi connectivity index (χ1) is 17.2. The summed E-state index contributed by atoms with van der Waals surface area (Å²) in [7, 11) is 0. The normalized spacial score (nSPS) is 18.2. The second kappa shape index (κ2) is 8.77. The van der Waals surface area contributed by atoms with Crippen LogP contribution in [0.1, 0.15) is 18.3 Å². The molecular formula is C23H21ClN8O3. The van der Waals surface area contributed by atoms with Crippen molar-refractivity contribution >= 4 is 34.1 Å². The summed E-state index contributed by atoms with van der Waals surface area (Å²) in [6, 6.07) is 10.6. The van der Waals surface area contributed by atoms with E-state index in [1.165, 1.54) is 10.8 Å². The average Bonchev–Trinajstić information content (AvgIpc) is 3.61. The summed E-state index contributed by atoms with van der Waals surface area (Å²) in [5, 5.41) is 14.5. The maximum atomic E-state index is 13.7. The zero-order valence-corrected chi connectivity index (χ0v) is 19.2. The highest BCUT2D eigenvalue weighted by molar-refractivity contribution is 6.33. The van der Waals surface area contributed by atoms with Gasteiger partial charge in [0.05, 0.1) is 42.4 Å². The zero-order valence-electron chi connectivity index (χ0n) is 18.5.